The molecule has 0 saturated heterocycles. The molecule has 1 aromatic heterocycles. The molecule has 0 saturated carbocycles. The fourth-order valence-electron chi connectivity index (χ4n) is 4.41. The number of esters is 1. The summed E-state index contributed by atoms with van der Waals surface area (Å²) in [5.41, 5.74) is 4.01. The zero-order valence-electron chi connectivity index (χ0n) is 20.5. The van der Waals surface area contributed by atoms with Crippen LogP contribution in [-0.2, 0) is 20.7 Å². The number of hydrogen-bond donors (Lipinski definition) is 0. The molecule has 6 nitrogen and oxygen atoms in total. The van der Waals surface area contributed by atoms with E-state index in [1.807, 2.05) is 52.8 Å². The second-order valence-corrected chi connectivity index (χ2v) is 9.39. The number of anilines is 1. The van der Waals surface area contributed by atoms with Crippen LogP contribution in [0.3, 0.4) is 0 Å². The molecule has 0 bridgehead atoms. The average Bonchev–Trinajstić information content (AvgIpc) is 2.72. The summed E-state index contributed by atoms with van der Waals surface area (Å²) in [6, 6.07) is 5.55. The summed E-state index contributed by atoms with van der Waals surface area (Å²) in [6.45, 7) is 13.4. The molecule has 1 amide bonds. The van der Waals surface area contributed by atoms with Crippen LogP contribution < -0.4 is 9.64 Å². The molecule has 1 aromatic carbocycles. The minimum absolute atomic E-state index is 0.0421. The van der Waals surface area contributed by atoms with E-state index in [-0.39, 0.29) is 24.5 Å². The molecular formula is C26H33ClN2O4. The van der Waals surface area contributed by atoms with E-state index in [2.05, 4.69) is 4.98 Å². The van der Waals surface area contributed by atoms with Gasteiger partial charge in [0.25, 0.3) is 0 Å². The Kier molecular flexibility index (Phi) is 7.68. The molecule has 7 heteroatoms. The van der Waals surface area contributed by atoms with Crippen LogP contribution in [0, 0.1) is 26.7 Å². The summed E-state index contributed by atoms with van der Waals surface area (Å²) in [7, 11) is 0. The SMILES string of the molecule is CCC(CC)N1C(=O)C(C(=O)OC(C)C)Cc2c1cc(C)nc2Oc1c(C)cc(Cl)cc1C. The predicted molar refractivity (Wildman–Crippen MR) is 130 cm³/mol. The van der Waals surface area contributed by atoms with Gasteiger partial charge in [0.1, 0.15) is 11.7 Å². The number of aryl methyl sites for hydroxylation is 3. The molecule has 1 atom stereocenters. The first-order valence-corrected chi connectivity index (χ1v) is 11.9. The van der Waals surface area contributed by atoms with E-state index in [9.17, 15) is 9.59 Å². The molecule has 0 aliphatic carbocycles. The molecule has 0 N–H and O–H groups in total. The monoisotopic (exact) mass is 472 g/mol. The molecule has 2 aromatic rings. The number of pyridine rings is 1. The standard InChI is InChI=1S/C26H33ClN2O4/c1-8-19(9-2)29-22-12-17(7)28-24(33-23-15(5)10-18(27)11-16(23)6)20(22)13-21(25(29)30)26(31)32-14(3)4/h10-12,14,19,21H,8-9,13H2,1-7H3. The summed E-state index contributed by atoms with van der Waals surface area (Å²) in [5.74, 6) is -0.588. The molecular weight excluding hydrogens is 440 g/mol. The molecule has 2 heterocycles. The van der Waals surface area contributed by atoms with E-state index in [0.717, 1.165) is 40.9 Å². The predicted octanol–water partition coefficient (Wildman–Crippen LogP) is 6.10. The van der Waals surface area contributed by atoms with Crippen molar-refractivity contribution in [2.45, 2.75) is 79.9 Å². The topological polar surface area (TPSA) is 68.7 Å². The van der Waals surface area contributed by atoms with Crippen LogP contribution in [0.25, 0.3) is 0 Å². The number of amides is 1. The van der Waals surface area contributed by atoms with Gasteiger partial charge in [0.2, 0.25) is 11.8 Å². The minimum atomic E-state index is -0.931. The highest BCUT2D eigenvalue weighted by Gasteiger charge is 2.42. The molecule has 33 heavy (non-hydrogen) atoms. The first-order valence-electron chi connectivity index (χ1n) is 11.6. The van der Waals surface area contributed by atoms with Gasteiger partial charge in [-0.25, -0.2) is 4.98 Å². The molecule has 3 rings (SSSR count). The number of carbonyl (C=O) groups excluding carboxylic acids is 2. The number of aromatic nitrogens is 1. The first kappa shape index (κ1) is 25.0. The molecule has 1 unspecified atom stereocenters. The summed E-state index contributed by atoms with van der Waals surface area (Å²) < 4.78 is 11.8. The zero-order chi connectivity index (χ0) is 24.4. The largest absolute Gasteiger partial charge is 0.462 e. The number of hydrogen-bond acceptors (Lipinski definition) is 5. The maximum Gasteiger partial charge on any atom is 0.319 e. The minimum Gasteiger partial charge on any atom is -0.462 e. The van der Waals surface area contributed by atoms with Crippen molar-refractivity contribution < 1.29 is 19.1 Å². The second-order valence-electron chi connectivity index (χ2n) is 8.96. The van der Waals surface area contributed by atoms with Gasteiger partial charge in [0.05, 0.1) is 11.8 Å². The fourth-order valence-corrected chi connectivity index (χ4v) is 4.74. The lowest BCUT2D eigenvalue weighted by Gasteiger charge is -2.38. The maximum atomic E-state index is 13.5. The normalized spacial score (nSPS) is 15.8. The molecule has 0 radical (unpaired) electrons. The van der Waals surface area contributed by atoms with Crippen molar-refractivity contribution in [1.29, 1.82) is 0 Å². The quantitative estimate of drug-likeness (QED) is 0.360. The number of rotatable bonds is 7. The molecule has 0 fully saturated rings. The van der Waals surface area contributed by atoms with Gasteiger partial charge in [-0.2, -0.15) is 0 Å². The van der Waals surface area contributed by atoms with Gasteiger partial charge in [0, 0.05) is 28.7 Å². The highest BCUT2D eigenvalue weighted by Crippen LogP contribution is 2.41. The lowest BCUT2D eigenvalue weighted by Crippen LogP contribution is -2.50. The van der Waals surface area contributed by atoms with Crippen molar-refractivity contribution >= 4 is 29.2 Å². The van der Waals surface area contributed by atoms with E-state index < -0.39 is 11.9 Å². The Morgan fingerprint density at radius 3 is 2.30 bits per heavy atom. The Bertz CT molecular complexity index is 1040. The molecule has 1 aliphatic heterocycles. The number of ether oxygens (including phenoxy) is 2. The van der Waals surface area contributed by atoms with Gasteiger partial charge >= 0.3 is 5.97 Å². The lowest BCUT2D eigenvalue weighted by atomic mass is 9.89. The van der Waals surface area contributed by atoms with Crippen molar-refractivity contribution in [2.24, 2.45) is 5.92 Å². The van der Waals surface area contributed by atoms with Crippen LogP contribution in [-0.4, -0.2) is 29.0 Å². The summed E-state index contributed by atoms with van der Waals surface area (Å²) in [5, 5.41) is 0.638. The van der Waals surface area contributed by atoms with Gasteiger partial charge in [0.15, 0.2) is 0 Å². The van der Waals surface area contributed by atoms with Gasteiger partial charge in [-0.3, -0.25) is 9.59 Å². The number of fused-ring (bicyclic) bond motifs is 1. The van der Waals surface area contributed by atoms with Crippen LogP contribution in [0.5, 0.6) is 11.6 Å². The van der Waals surface area contributed by atoms with Crippen molar-refractivity contribution in [3.8, 4) is 11.6 Å². The van der Waals surface area contributed by atoms with Crippen LogP contribution >= 0.6 is 11.6 Å². The molecule has 0 spiro atoms. The van der Waals surface area contributed by atoms with Crippen LogP contribution in [0.15, 0.2) is 18.2 Å². The highest BCUT2D eigenvalue weighted by atomic mass is 35.5. The van der Waals surface area contributed by atoms with Crippen LogP contribution in [0.2, 0.25) is 5.02 Å². The maximum absolute atomic E-state index is 13.5. The third-order valence-electron chi connectivity index (χ3n) is 5.96. The summed E-state index contributed by atoms with van der Waals surface area (Å²) >= 11 is 6.20. The van der Waals surface area contributed by atoms with Gasteiger partial charge in [-0.1, -0.05) is 25.4 Å². The van der Waals surface area contributed by atoms with Crippen molar-refractivity contribution in [3.05, 3.63) is 45.6 Å². The van der Waals surface area contributed by atoms with Gasteiger partial charge < -0.3 is 14.4 Å². The smallest absolute Gasteiger partial charge is 0.319 e. The number of halogens is 1. The number of carbonyl (C=O) groups is 2. The highest BCUT2D eigenvalue weighted by molar-refractivity contribution is 6.30. The van der Waals surface area contributed by atoms with E-state index in [0.29, 0.717) is 16.7 Å². The van der Waals surface area contributed by atoms with Crippen LogP contribution in [0.1, 0.15) is 62.9 Å². The third-order valence-corrected chi connectivity index (χ3v) is 6.18. The van der Waals surface area contributed by atoms with Crippen LogP contribution in [0.4, 0.5) is 5.69 Å². The van der Waals surface area contributed by atoms with Gasteiger partial charge in [-0.05, 0) is 76.8 Å². The van der Waals surface area contributed by atoms with Crippen molar-refractivity contribution in [2.75, 3.05) is 4.90 Å². The zero-order valence-corrected chi connectivity index (χ0v) is 21.2. The Hall–Kier alpha value is -2.60. The second kappa shape index (κ2) is 10.1. The Morgan fingerprint density at radius 2 is 1.76 bits per heavy atom. The lowest BCUT2D eigenvalue weighted by molar-refractivity contribution is -0.155. The molecule has 1 aliphatic rings. The Labute approximate surface area is 201 Å². The van der Waals surface area contributed by atoms with Crippen molar-refractivity contribution in [3.63, 3.8) is 0 Å². The fraction of sp³-hybridized carbons (Fsp3) is 0.500. The van der Waals surface area contributed by atoms with Crippen molar-refractivity contribution in [1.82, 2.24) is 4.98 Å². The van der Waals surface area contributed by atoms with Gasteiger partial charge in [-0.15, -0.1) is 0 Å². The van der Waals surface area contributed by atoms with E-state index in [4.69, 9.17) is 21.1 Å². The van der Waals surface area contributed by atoms with E-state index >= 15 is 0 Å². The first-order chi connectivity index (χ1) is 15.6. The number of nitrogens with zero attached hydrogens (tertiary/aromatic N) is 2. The summed E-state index contributed by atoms with van der Waals surface area (Å²) in [4.78, 5) is 32.9. The summed E-state index contributed by atoms with van der Waals surface area (Å²) in [6.07, 6.45) is 1.41. The Morgan fingerprint density at radius 1 is 1.15 bits per heavy atom. The molecule has 178 valence electrons. The Balaban J connectivity index is 2.16. The third kappa shape index (κ3) is 5.16. The number of benzene rings is 1. The van der Waals surface area contributed by atoms with E-state index in [1.54, 1.807) is 18.7 Å². The van der Waals surface area contributed by atoms with E-state index in [1.165, 1.54) is 0 Å². The average molecular weight is 473 g/mol.